The zero-order valence-electron chi connectivity index (χ0n) is 24.0. The second-order valence-corrected chi connectivity index (χ2v) is 11.4. The van der Waals surface area contributed by atoms with Crippen molar-refractivity contribution in [1.29, 1.82) is 0 Å². The summed E-state index contributed by atoms with van der Waals surface area (Å²) in [6.07, 6.45) is 3.83. The number of fused-ring (bicyclic) bond motifs is 2. The van der Waals surface area contributed by atoms with E-state index in [4.69, 9.17) is 4.74 Å². The highest BCUT2D eigenvalue weighted by molar-refractivity contribution is 5.99. The molecule has 43 heavy (non-hydrogen) atoms. The minimum absolute atomic E-state index is 0.0446. The summed E-state index contributed by atoms with van der Waals surface area (Å²) >= 11 is 0. The first-order valence-electron chi connectivity index (χ1n) is 14.6. The van der Waals surface area contributed by atoms with Crippen LogP contribution in [0.2, 0.25) is 0 Å². The maximum absolute atomic E-state index is 14.5. The number of benzene rings is 2. The number of β-amino-alcohol motifs (C(OH)–C–C–N with tert-alkyl or cyclic N) is 1. The number of carbonyl (C=O) groups excluding carboxylic acids is 3. The van der Waals surface area contributed by atoms with Gasteiger partial charge in [-0.3, -0.25) is 14.4 Å². The number of para-hydroxylation sites is 1. The van der Waals surface area contributed by atoms with Crippen LogP contribution in [0.4, 0.5) is 0 Å². The van der Waals surface area contributed by atoms with E-state index >= 15 is 0 Å². The third-order valence-corrected chi connectivity index (χ3v) is 8.92. The maximum atomic E-state index is 14.5. The number of rotatable bonds is 12. The summed E-state index contributed by atoms with van der Waals surface area (Å²) < 4.78 is 8.22. The van der Waals surface area contributed by atoms with Crippen molar-refractivity contribution in [2.24, 2.45) is 11.8 Å². The van der Waals surface area contributed by atoms with Gasteiger partial charge < -0.3 is 24.5 Å². The number of aliphatic hydroxyl groups is 1. The van der Waals surface area contributed by atoms with Gasteiger partial charge in [-0.15, -0.1) is 18.3 Å². The number of amides is 3. The van der Waals surface area contributed by atoms with Gasteiger partial charge in [-0.1, -0.05) is 59.8 Å². The topological polar surface area (TPSA) is 121 Å². The lowest BCUT2D eigenvalue weighted by atomic mass is 9.70. The lowest BCUT2D eigenvalue weighted by molar-refractivity contribution is -0.150. The zero-order chi connectivity index (χ0) is 30.1. The number of aliphatic hydroxyl groups excluding tert-OH is 1. The first-order chi connectivity index (χ1) is 20.9. The number of likely N-dealkylation sites (tertiary alicyclic amines) is 1. The van der Waals surface area contributed by atoms with Crippen molar-refractivity contribution in [3.8, 4) is 0 Å². The number of carbonyl (C=O) groups is 3. The Morgan fingerprint density at radius 3 is 2.51 bits per heavy atom. The molecule has 0 radical (unpaired) electrons. The van der Waals surface area contributed by atoms with Gasteiger partial charge in [-0.2, -0.15) is 0 Å². The van der Waals surface area contributed by atoms with E-state index in [2.05, 4.69) is 23.5 Å². The van der Waals surface area contributed by atoms with E-state index in [9.17, 15) is 19.5 Å². The second-order valence-electron chi connectivity index (χ2n) is 11.4. The normalized spacial score (nSPS) is 25.6. The van der Waals surface area contributed by atoms with Crippen LogP contribution in [0.5, 0.6) is 0 Å². The van der Waals surface area contributed by atoms with Gasteiger partial charge in [0.2, 0.25) is 17.7 Å². The van der Waals surface area contributed by atoms with Crippen LogP contribution in [0.25, 0.3) is 11.0 Å². The van der Waals surface area contributed by atoms with Crippen LogP contribution in [0.3, 0.4) is 0 Å². The van der Waals surface area contributed by atoms with Crippen molar-refractivity contribution >= 4 is 28.8 Å². The molecule has 3 amide bonds. The molecule has 2 bridgehead atoms. The Balaban J connectivity index is 1.33. The largest absolute Gasteiger partial charge is 0.395 e. The number of hydrogen-bond donors (Lipinski definition) is 1. The number of aromatic nitrogens is 3. The number of ether oxygens (including phenoxy) is 1. The average molecular weight is 585 g/mol. The molecule has 1 aromatic heterocycles. The van der Waals surface area contributed by atoms with Gasteiger partial charge in [-0.05, 0) is 30.5 Å². The highest BCUT2D eigenvalue weighted by Crippen LogP contribution is 2.59. The molecule has 2 aromatic carbocycles. The van der Waals surface area contributed by atoms with Crippen molar-refractivity contribution in [2.45, 2.75) is 43.8 Å². The minimum Gasteiger partial charge on any atom is -0.395 e. The number of nitrogens with zero attached hydrogens (tertiary/aromatic N) is 6. The zero-order valence-corrected chi connectivity index (χ0v) is 24.0. The van der Waals surface area contributed by atoms with Gasteiger partial charge in [0.05, 0.1) is 30.1 Å². The molecule has 3 aliphatic rings. The predicted octanol–water partition coefficient (Wildman–Crippen LogP) is 1.99. The molecule has 1 N–H and O–H groups in total. The highest BCUT2D eigenvalue weighted by atomic mass is 16.5. The highest BCUT2D eigenvalue weighted by Gasteiger charge is 2.74. The van der Waals surface area contributed by atoms with E-state index in [1.807, 2.05) is 54.6 Å². The molecule has 5 atom stereocenters. The standard InChI is InChI=1S/C32H36N6O5/c1-3-16-35(20-22-10-6-5-7-11-22)29(40)26-25-14-15-32(43-25)27(26)30(41)37(18-19-39)28(32)31(42)36(17-4-2)21-38-24-13-9-8-12-23(24)33-34-38/h3-13,25-28,39H,1-2,14-21H2/t25-,26+,27-,28?,32?/m0/s1. The molecule has 4 heterocycles. The van der Waals surface area contributed by atoms with Gasteiger partial charge in [0.15, 0.2) is 0 Å². The Morgan fingerprint density at radius 1 is 1.05 bits per heavy atom. The monoisotopic (exact) mass is 584 g/mol. The Hall–Kier alpha value is -4.35. The Kier molecular flexibility index (Phi) is 7.85. The maximum Gasteiger partial charge on any atom is 0.250 e. The summed E-state index contributed by atoms with van der Waals surface area (Å²) in [5.41, 5.74) is 1.25. The summed E-state index contributed by atoms with van der Waals surface area (Å²) in [5.74, 6) is -2.44. The molecule has 3 saturated heterocycles. The third kappa shape index (κ3) is 4.82. The van der Waals surface area contributed by atoms with E-state index in [0.717, 1.165) is 11.1 Å². The molecule has 3 fully saturated rings. The van der Waals surface area contributed by atoms with E-state index in [1.54, 1.807) is 26.6 Å². The molecule has 0 aliphatic carbocycles. The molecular formula is C32H36N6O5. The molecular weight excluding hydrogens is 548 g/mol. The van der Waals surface area contributed by atoms with Crippen LogP contribution < -0.4 is 0 Å². The van der Waals surface area contributed by atoms with Crippen molar-refractivity contribution in [1.82, 2.24) is 29.7 Å². The Labute approximate surface area is 250 Å². The van der Waals surface area contributed by atoms with Crippen molar-refractivity contribution in [3.63, 3.8) is 0 Å². The van der Waals surface area contributed by atoms with Gasteiger partial charge in [0, 0.05) is 26.2 Å². The fourth-order valence-corrected chi connectivity index (χ4v) is 7.19. The van der Waals surface area contributed by atoms with Crippen LogP contribution in [0.1, 0.15) is 18.4 Å². The molecule has 3 aromatic rings. The SMILES string of the molecule is C=CCN(Cn1nnc2ccccc21)C(=O)C1N(CCO)C(=O)[C@@H]2[C@H](C(=O)N(CC=C)Cc3ccccc3)[C@@H]3CCC12O3. The first-order valence-corrected chi connectivity index (χ1v) is 14.6. The van der Waals surface area contributed by atoms with Gasteiger partial charge in [-0.25, -0.2) is 4.68 Å². The Morgan fingerprint density at radius 2 is 1.77 bits per heavy atom. The van der Waals surface area contributed by atoms with Gasteiger partial charge >= 0.3 is 0 Å². The molecule has 11 nitrogen and oxygen atoms in total. The molecule has 1 spiro atoms. The van der Waals surface area contributed by atoms with Crippen molar-refractivity contribution in [2.75, 3.05) is 26.2 Å². The summed E-state index contributed by atoms with van der Waals surface area (Å²) in [6.45, 7) is 8.26. The van der Waals surface area contributed by atoms with E-state index in [1.165, 1.54) is 4.90 Å². The fraction of sp³-hybridized carbons (Fsp3) is 0.406. The quantitative estimate of drug-likeness (QED) is 0.323. The van der Waals surface area contributed by atoms with Gasteiger partial charge in [0.25, 0.3) is 0 Å². The van der Waals surface area contributed by atoms with Crippen molar-refractivity contribution < 1.29 is 24.2 Å². The molecule has 0 saturated carbocycles. The first kappa shape index (κ1) is 28.8. The molecule has 6 rings (SSSR count). The second kappa shape index (κ2) is 11.7. The lowest BCUT2D eigenvalue weighted by Crippen LogP contribution is -2.57. The molecule has 2 unspecified atom stereocenters. The van der Waals surface area contributed by atoms with Crippen LogP contribution in [0.15, 0.2) is 79.9 Å². The molecule has 11 heteroatoms. The van der Waals surface area contributed by atoms with Crippen LogP contribution in [-0.4, -0.2) is 96.5 Å². The lowest BCUT2D eigenvalue weighted by Gasteiger charge is -2.36. The fourth-order valence-electron chi connectivity index (χ4n) is 7.19. The van der Waals surface area contributed by atoms with E-state index in [-0.39, 0.29) is 44.1 Å². The summed E-state index contributed by atoms with van der Waals surface area (Å²) in [7, 11) is 0. The minimum atomic E-state index is -1.18. The smallest absolute Gasteiger partial charge is 0.250 e. The molecule has 3 aliphatic heterocycles. The van der Waals surface area contributed by atoms with Crippen LogP contribution >= 0.6 is 0 Å². The number of hydrogen-bond acceptors (Lipinski definition) is 7. The van der Waals surface area contributed by atoms with E-state index < -0.39 is 29.6 Å². The summed E-state index contributed by atoms with van der Waals surface area (Å²) in [5, 5.41) is 18.4. The van der Waals surface area contributed by atoms with Crippen LogP contribution in [0, 0.1) is 11.8 Å². The molecule has 224 valence electrons. The van der Waals surface area contributed by atoms with Gasteiger partial charge in [0.1, 0.15) is 23.8 Å². The third-order valence-electron chi connectivity index (χ3n) is 8.92. The van der Waals surface area contributed by atoms with Crippen LogP contribution in [-0.2, 0) is 32.3 Å². The van der Waals surface area contributed by atoms with E-state index in [0.29, 0.717) is 31.4 Å². The predicted molar refractivity (Wildman–Crippen MR) is 158 cm³/mol. The Bertz CT molecular complexity index is 1540. The summed E-state index contributed by atoms with van der Waals surface area (Å²) in [4.78, 5) is 47.4. The summed E-state index contributed by atoms with van der Waals surface area (Å²) in [6, 6.07) is 16.1. The van der Waals surface area contributed by atoms with Crippen molar-refractivity contribution in [3.05, 3.63) is 85.5 Å². The average Bonchev–Trinajstić information content (AvgIpc) is 3.77.